The largest absolute Gasteiger partial charge is 0.122 e. The van der Waals surface area contributed by atoms with Gasteiger partial charge in [-0.3, -0.25) is 0 Å². The number of hydrogen-bond donors (Lipinski definition) is 0. The first-order valence-corrected chi connectivity index (χ1v) is 4.38. The molecule has 0 aromatic heterocycles. The predicted octanol–water partition coefficient (Wildman–Crippen LogP) is 2.66. The van der Waals surface area contributed by atoms with Crippen LogP contribution in [0.4, 0.5) is 0 Å². The number of alkyl halides is 1. The van der Waals surface area contributed by atoms with Gasteiger partial charge in [-0.25, -0.2) is 0 Å². The summed E-state index contributed by atoms with van der Waals surface area (Å²) in [7, 11) is 0. The minimum Gasteiger partial charge on any atom is -0.122 e. The summed E-state index contributed by atoms with van der Waals surface area (Å²) in [4.78, 5) is 0. The van der Waals surface area contributed by atoms with E-state index < -0.39 is 0 Å². The third-order valence-corrected chi connectivity index (χ3v) is 3.93. The van der Waals surface area contributed by atoms with Gasteiger partial charge in [0, 0.05) is 5.38 Å². The van der Waals surface area contributed by atoms with Gasteiger partial charge in [0.25, 0.3) is 0 Å². The topological polar surface area (TPSA) is 0 Å². The fourth-order valence-electron chi connectivity index (χ4n) is 2.55. The molecule has 52 valence electrons. The lowest BCUT2D eigenvalue weighted by Gasteiger charge is -2.43. The van der Waals surface area contributed by atoms with Crippen molar-refractivity contribution in [2.75, 3.05) is 0 Å². The highest BCUT2D eigenvalue weighted by Crippen LogP contribution is 2.53. The molecule has 2 aliphatic carbocycles. The zero-order chi connectivity index (χ0) is 6.43. The fourth-order valence-corrected chi connectivity index (χ4v) is 3.05. The molecule has 0 spiro atoms. The summed E-state index contributed by atoms with van der Waals surface area (Å²) in [5.74, 6) is 2.73. The van der Waals surface area contributed by atoms with Gasteiger partial charge in [-0.1, -0.05) is 13.3 Å². The summed E-state index contributed by atoms with van der Waals surface area (Å²) in [6.07, 6.45) is 4.29. The van der Waals surface area contributed by atoms with Crippen LogP contribution in [0, 0.1) is 17.8 Å². The Morgan fingerprint density at radius 2 is 1.89 bits per heavy atom. The molecule has 0 saturated heterocycles. The first-order valence-electron chi connectivity index (χ1n) is 3.95. The third-order valence-electron chi connectivity index (χ3n) is 3.21. The second-order valence-electron chi connectivity index (χ2n) is 3.56. The molecule has 0 heterocycles. The Hall–Kier alpha value is 0.290. The molecule has 4 atom stereocenters. The van der Waals surface area contributed by atoms with E-state index >= 15 is 0 Å². The van der Waals surface area contributed by atoms with E-state index in [1.54, 1.807) is 0 Å². The van der Waals surface area contributed by atoms with E-state index in [-0.39, 0.29) is 0 Å². The standard InChI is InChI=1S/C8H13Cl/c1-5-6-3-2-4-7(6)8(5)9/h5-8H,2-4H2,1H3/t5-,6+,7+,8-/m1/s1. The van der Waals surface area contributed by atoms with Gasteiger partial charge in [-0.15, -0.1) is 11.6 Å². The van der Waals surface area contributed by atoms with Crippen LogP contribution in [-0.4, -0.2) is 5.38 Å². The van der Waals surface area contributed by atoms with Crippen LogP contribution in [0.25, 0.3) is 0 Å². The normalized spacial score (nSPS) is 56.7. The summed E-state index contributed by atoms with van der Waals surface area (Å²) >= 11 is 6.10. The van der Waals surface area contributed by atoms with Crippen molar-refractivity contribution in [1.29, 1.82) is 0 Å². The summed E-state index contributed by atoms with van der Waals surface area (Å²) < 4.78 is 0. The first-order chi connectivity index (χ1) is 4.30. The molecule has 1 heteroatoms. The van der Waals surface area contributed by atoms with Crippen molar-refractivity contribution in [3.05, 3.63) is 0 Å². The van der Waals surface area contributed by atoms with Crippen LogP contribution >= 0.6 is 11.6 Å². The van der Waals surface area contributed by atoms with Gasteiger partial charge in [-0.05, 0) is 30.6 Å². The Bertz CT molecular complexity index is 108. The van der Waals surface area contributed by atoms with Crippen LogP contribution in [0.1, 0.15) is 26.2 Å². The zero-order valence-corrected chi connectivity index (χ0v) is 6.56. The van der Waals surface area contributed by atoms with E-state index in [1.165, 1.54) is 19.3 Å². The minimum atomic E-state index is 0.525. The Kier molecular flexibility index (Phi) is 1.26. The van der Waals surface area contributed by atoms with Gasteiger partial charge < -0.3 is 0 Å². The molecule has 0 amide bonds. The van der Waals surface area contributed by atoms with Gasteiger partial charge in [0.1, 0.15) is 0 Å². The molecule has 0 aromatic rings. The van der Waals surface area contributed by atoms with Crippen LogP contribution in [0.15, 0.2) is 0 Å². The Morgan fingerprint density at radius 1 is 1.22 bits per heavy atom. The Balaban J connectivity index is 2.06. The number of hydrogen-bond acceptors (Lipinski definition) is 0. The average Bonchev–Trinajstić information content (AvgIpc) is 2.30. The van der Waals surface area contributed by atoms with Crippen LogP contribution in [0.2, 0.25) is 0 Å². The molecule has 0 unspecified atom stereocenters. The Morgan fingerprint density at radius 3 is 2.56 bits per heavy atom. The summed E-state index contributed by atoms with van der Waals surface area (Å²) in [6, 6.07) is 0. The highest BCUT2D eigenvalue weighted by molar-refractivity contribution is 6.21. The smallest absolute Gasteiger partial charge is 0.0395 e. The molecular weight excluding hydrogens is 132 g/mol. The van der Waals surface area contributed by atoms with E-state index in [0.29, 0.717) is 5.38 Å². The second-order valence-corrected chi connectivity index (χ2v) is 4.07. The molecule has 0 radical (unpaired) electrons. The number of rotatable bonds is 0. The quantitative estimate of drug-likeness (QED) is 0.459. The Labute approximate surface area is 61.6 Å². The van der Waals surface area contributed by atoms with Crippen molar-refractivity contribution in [3.63, 3.8) is 0 Å². The van der Waals surface area contributed by atoms with Gasteiger partial charge in [0.2, 0.25) is 0 Å². The molecule has 0 bridgehead atoms. The van der Waals surface area contributed by atoms with Crippen LogP contribution in [0.3, 0.4) is 0 Å². The van der Waals surface area contributed by atoms with E-state index in [1.807, 2.05) is 0 Å². The minimum absolute atomic E-state index is 0.525. The van der Waals surface area contributed by atoms with E-state index in [9.17, 15) is 0 Å². The lowest BCUT2D eigenvalue weighted by molar-refractivity contribution is 0.129. The molecule has 0 nitrogen and oxygen atoms in total. The molecular formula is C8H13Cl. The van der Waals surface area contributed by atoms with Gasteiger partial charge >= 0.3 is 0 Å². The van der Waals surface area contributed by atoms with Gasteiger partial charge in [-0.2, -0.15) is 0 Å². The molecule has 2 saturated carbocycles. The van der Waals surface area contributed by atoms with Crippen molar-refractivity contribution in [1.82, 2.24) is 0 Å². The molecule has 0 N–H and O–H groups in total. The lowest BCUT2D eigenvalue weighted by atomic mass is 9.67. The molecule has 2 rings (SSSR count). The second kappa shape index (κ2) is 1.88. The molecule has 0 aliphatic heterocycles. The average molecular weight is 145 g/mol. The van der Waals surface area contributed by atoms with Gasteiger partial charge in [0.15, 0.2) is 0 Å². The maximum Gasteiger partial charge on any atom is 0.0395 e. The van der Waals surface area contributed by atoms with Crippen LogP contribution in [-0.2, 0) is 0 Å². The van der Waals surface area contributed by atoms with Crippen molar-refractivity contribution in [3.8, 4) is 0 Å². The molecule has 9 heavy (non-hydrogen) atoms. The van der Waals surface area contributed by atoms with E-state index in [4.69, 9.17) is 11.6 Å². The first kappa shape index (κ1) is 6.03. The van der Waals surface area contributed by atoms with Crippen molar-refractivity contribution in [2.45, 2.75) is 31.6 Å². The monoisotopic (exact) mass is 144 g/mol. The predicted molar refractivity (Wildman–Crippen MR) is 39.6 cm³/mol. The molecule has 2 aliphatic rings. The lowest BCUT2D eigenvalue weighted by Crippen LogP contribution is -2.42. The van der Waals surface area contributed by atoms with Crippen LogP contribution < -0.4 is 0 Å². The highest BCUT2D eigenvalue weighted by atomic mass is 35.5. The van der Waals surface area contributed by atoms with Gasteiger partial charge in [0.05, 0.1) is 0 Å². The van der Waals surface area contributed by atoms with Crippen molar-refractivity contribution >= 4 is 11.6 Å². The van der Waals surface area contributed by atoms with Crippen molar-refractivity contribution < 1.29 is 0 Å². The third kappa shape index (κ3) is 0.660. The summed E-state index contributed by atoms with van der Waals surface area (Å²) in [6.45, 7) is 2.30. The SMILES string of the molecule is C[C@H]1[C@@H](Cl)[C@H]2CCC[C@@H]12. The number of halogens is 1. The fraction of sp³-hybridized carbons (Fsp3) is 1.00. The molecule has 2 fully saturated rings. The van der Waals surface area contributed by atoms with E-state index in [0.717, 1.165) is 17.8 Å². The summed E-state index contributed by atoms with van der Waals surface area (Å²) in [5.41, 5.74) is 0. The zero-order valence-electron chi connectivity index (χ0n) is 5.81. The summed E-state index contributed by atoms with van der Waals surface area (Å²) in [5, 5.41) is 0.525. The number of fused-ring (bicyclic) bond motifs is 1. The highest BCUT2D eigenvalue weighted by Gasteiger charge is 2.48. The van der Waals surface area contributed by atoms with Crippen LogP contribution in [0.5, 0.6) is 0 Å². The maximum absolute atomic E-state index is 6.10. The van der Waals surface area contributed by atoms with E-state index in [2.05, 4.69) is 6.92 Å². The van der Waals surface area contributed by atoms with Crippen molar-refractivity contribution in [2.24, 2.45) is 17.8 Å². The maximum atomic E-state index is 6.10. The molecule has 0 aromatic carbocycles.